The van der Waals surface area contributed by atoms with Crippen LogP contribution in [0.4, 0.5) is 0 Å². The Morgan fingerprint density at radius 2 is 1.90 bits per heavy atom. The maximum atomic E-state index is 12.7. The fourth-order valence-corrected chi connectivity index (χ4v) is 4.27. The number of rotatable bonds is 5. The molecule has 21 heavy (non-hydrogen) atoms. The van der Waals surface area contributed by atoms with E-state index >= 15 is 0 Å². The van der Waals surface area contributed by atoms with E-state index in [0.717, 1.165) is 0 Å². The van der Waals surface area contributed by atoms with Crippen LogP contribution >= 0.6 is 34.8 Å². The molecule has 3 nitrogen and oxygen atoms in total. The Kier molecular flexibility index (Phi) is 6.54. The first kappa shape index (κ1) is 18.8. The average Bonchev–Trinajstić information content (AvgIpc) is 2.42. The minimum Gasteiger partial charge on any atom is -0.478 e. The highest BCUT2D eigenvalue weighted by Gasteiger charge is 2.32. The highest BCUT2D eigenvalue weighted by molar-refractivity contribution is 7.85. The summed E-state index contributed by atoms with van der Waals surface area (Å²) in [5.41, 5.74) is 0.847. The number of halogens is 3. The second kappa shape index (κ2) is 7.32. The summed E-state index contributed by atoms with van der Waals surface area (Å²) in [7, 11) is -1.44. The second-order valence-electron chi connectivity index (χ2n) is 4.64. The van der Waals surface area contributed by atoms with Crippen LogP contribution in [-0.4, -0.2) is 20.5 Å². The van der Waals surface area contributed by atoms with Gasteiger partial charge >= 0.3 is 5.97 Å². The molecule has 1 N–H and O–H groups in total. The van der Waals surface area contributed by atoms with Crippen molar-refractivity contribution in [2.75, 3.05) is 0 Å². The number of hydrogen-bond donors (Lipinski definition) is 1. The molecule has 1 aromatic carbocycles. The number of benzene rings is 1. The van der Waals surface area contributed by atoms with Crippen molar-refractivity contribution in [3.05, 3.63) is 28.8 Å². The molecule has 0 aliphatic carbocycles. The Bertz CT molecular complexity index is 567. The third-order valence-electron chi connectivity index (χ3n) is 3.29. The van der Waals surface area contributed by atoms with Crippen molar-refractivity contribution in [2.24, 2.45) is 0 Å². The van der Waals surface area contributed by atoms with Crippen LogP contribution in [0.25, 0.3) is 0 Å². The molecular weight excluding hydrogens is 355 g/mol. The van der Waals surface area contributed by atoms with E-state index < -0.39 is 20.6 Å². The molecule has 0 aromatic heterocycles. The van der Waals surface area contributed by atoms with Crippen LogP contribution in [0.2, 0.25) is 0 Å². The fraction of sp³-hybridized carbons (Fsp3) is 0.500. The van der Waals surface area contributed by atoms with Gasteiger partial charge in [-0.05, 0) is 24.5 Å². The van der Waals surface area contributed by atoms with Gasteiger partial charge in [0.1, 0.15) is 0 Å². The van der Waals surface area contributed by atoms with Crippen molar-refractivity contribution < 1.29 is 14.1 Å². The monoisotopic (exact) mass is 370 g/mol. The summed E-state index contributed by atoms with van der Waals surface area (Å²) >= 11 is 17.9. The minimum atomic E-state index is -1.75. The van der Waals surface area contributed by atoms with Crippen molar-refractivity contribution in [3.63, 3.8) is 0 Å². The number of alkyl halides is 3. The van der Waals surface area contributed by atoms with E-state index in [0.29, 0.717) is 23.3 Å². The lowest BCUT2D eigenvalue weighted by Crippen LogP contribution is -2.19. The molecular formula is C14H17Cl3O3S. The zero-order valence-corrected chi connectivity index (χ0v) is 15.0. The largest absolute Gasteiger partial charge is 0.478 e. The first-order valence-electron chi connectivity index (χ1n) is 6.52. The van der Waals surface area contributed by atoms with Gasteiger partial charge in [-0.25, -0.2) is 4.79 Å². The van der Waals surface area contributed by atoms with Crippen LogP contribution in [-0.2, 0) is 21.0 Å². The van der Waals surface area contributed by atoms with E-state index in [1.807, 2.05) is 13.8 Å². The van der Waals surface area contributed by atoms with Gasteiger partial charge in [-0.1, -0.05) is 61.6 Å². The zero-order valence-electron chi connectivity index (χ0n) is 12.0. The van der Waals surface area contributed by atoms with E-state index in [9.17, 15) is 14.1 Å². The SMILES string of the molecule is CCc1c(C(=O)O)ccc(C(Cl)(Cl)Cl)c1[S@@](=O)[C@@H](C)CC. The predicted molar refractivity (Wildman–Crippen MR) is 88.2 cm³/mol. The molecule has 0 radical (unpaired) electrons. The molecule has 0 fully saturated rings. The van der Waals surface area contributed by atoms with Gasteiger partial charge in [0.15, 0.2) is 0 Å². The summed E-state index contributed by atoms with van der Waals surface area (Å²) in [5.74, 6) is -1.08. The maximum absolute atomic E-state index is 12.7. The normalized spacial score (nSPS) is 14.8. The van der Waals surface area contributed by atoms with Gasteiger partial charge in [0.2, 0.25) is 3.79 Å². The number of carbonyl (C=O) groups is 1. The summed E-state index contributed by atoms with van der Waals surface area (Å²) in [4.78, 5) is 11.7. The van der Waals surface area contributed by atoms with Gasteiger partial charge in [-0.2, -0.15) is 0 Å². The number of carboxylic acids is 1. The highest BCUT2D eigenvalue weighted by Crippen LogP contribution is 2.43. The molecule has 0 aliphatic rings. The van der Waals surface area contributed by atoms with Crippen molar-refractivity contribution >= 4 is 51.6 Å². The molecule has 0 spiro atoms. The van der Waals surface area contributed by atoms with Crippen LogP contribution in [0.3, 0.4) is 0 Å². The van der Waals surface area contributed by atoms with E-state index in [4.69, 9.17) is 34.8 Å². The first-order chi connectivity index (χ1) is 9.65. The third kappa shape index (κ3) is 4.13. The Labute approximate surface area is 142 Å². The molecule has 1 rings (SSSR count). The maximum Gasteiger partial charge on any atom is 0.336 e. The van der Waals surface area contributed by atoms with E-state index in [1.54, 1.807) is 6.92 Å². The van der Waals surface area contributed by atoms with Crippen molar-refractivity contribution in [2.45, 2.75) is 47.6 Å². The quantitative estimate of drug-likeness (QED) is 0.765. The van der Waals surface area contributed by atoms with Crippen molar-refractivity contribution in [3.8, 4) is 0 Å². The molecule has 0 aliphatic heterocycles. The molecule has 118 valence electrons. The molecule has 0 unspecified atom stereocenters. The fourth-order valence-electron chi connectivity index (χ4n) is 1.98. The lowest BCUT2D eigenvalue weighted by molar-refractivity contribution is 0.0695. The lowest BCUT2D eigenvalue weighted by atomic mass is 10.0. The van der Waals surface area contributed by atoms with Gasteiger partial charge in [-0.15, -0.1) is 0 Å². The number of carboxylic acid groups (broad SMARTS) is 1. The van der Waals surface area contributed by atoms with E-state index in [1.165, 1.54) is 12.1 Å². The van der Waals surface area contributed by atoms with Gasteiger partial charge in [0, 0.05) is 10.8 Å². The van der Waals surface area contributed by atoms with Gasteiger partial charge < -0.3 is 5.11 Å². The smallest absolute Gasteiger partial charge is 0.336 e. The highest BCUT2D eigenvalue weighted by atomic mass is 35.6. The summed E-state index contributed by atoms with van der Waals surface area (Å²) in [6.45, 7) is 5.52. The lowest BCUT2D eigenvalue weighted by Gasteiger charge is -2.22. The summed E-state index contributed by atoms with van der Waals surface area (Å²) in [5, 5.41) is 9.13. The molecule has 2 atom stereocenters. The van der Waals surface area contributed by atoms with Crippen LogP contribution < -0.4 is 0 Å². The molecule has 0 saturated heterocycles. The van der Waals surface area contributed by atoms with Crippen LogP contribution in [0.5, 0.6) is 0 Å². The molecule has 0 amide bonds. The Morgan fingerprint density at radius 1 is 1.33 bits per heavy atom. The number of hydrogen-bond acceptors (Lipinski definition) is 2. The predicted octanol–water partition coefficient (Wildman–Crippen LogP) is 4.68. The van der Waals surface area contributed by atoms with Crippen molar-refractivity contribution in [1.82, 2.24) is 0 Å². The molecule has 1 aromatic rings. The van der Waals surface area contributed by atoms with Gasteiger partial charge in [-0.3, -0.25) is 4.21 Å². The first-order valence-corrected chi connectivity index (χ1v) is 8.86. The van der Waals surface area contributed by atoms with Crippen LogP contribution in [0.15, 0.2) is 17.0 Å². The van der Waals surface area contributed by atoms with Crippen molar-refractivity contribution in [1.29, 1.82) is 0 Å². The third-order valence-corrected chi connectivity index (χ3v) is 5.84. The molecule has 0 saturated carbocycles. The van der Waals surface area contributed by atoms with Crippen LogP contribution in [0, 0.1) is 0 Å². The topological polar surface area (TPSA) is 54.4 Å². The average molecular weight is 372 g/mol. The Morgan fingerprint density at radius 3 is 2.29 bits per heavy atom. The summed E-state index contributed by atoms with van der Waals surface area (Å²) in [6, 6.07) is 2.83. The van der Waals surface area contributed by atoms with Gasteiger partial charge in [0.05, 0.1) is 21.3 Å². The van der Waals surface area contributed by atoms with E-state index in [-0.39, 0.29) is 16.4 Å². The molecule has 0 heterocycles. The summed E-state index contributed by atoms with van der Waals surface area (Å²) < 4.78 is 11.0. The van der Waals surface area contributed by atoms with Gasteiger partial charge in [0.25, 0.3) is 0 Å². The zero-order chi connectivity index (χ0) is 16.4. The Balaban J connectivity index is 3.71. The second-order valence-corrected chi connectivity index (χ2v) is 8.73. The standard InChI is InChI=1S/C14H17Cl3O3S/c1-4-8(3)21(20)12-9(5-2)10(13(18)19)6-7-11(12)14(15,16)17/h6-8H,4-5H2,1-3H3,(H,18,19)/t8-,21-/m0/s1. The minimum absolute atomic E-state index is 0.0992. The Hall–Kier alpha value is -0.290. The molecule has 7 heteroatoms. The van der Waals surface area contributed by atoms with E-state index in [2.05, 4.69) is 0 Å². The molecule has 0 bridgehead atoms. The number of aromatic carboxylic acids is 1. The van der Waals surface area contributed by atoms with Crippen LogP contribution in [0.1, 0.15) is 48.7 Å². The summed E-state index contributed by atoms with van der Waals surface area (Å²) in [6.07, 6.45) is 1.07.